The zero-order valence-corrected chi connectivity index (χ0v) is 9.60. The van der Waals surface area contributed by atoms with Crippen LogP contribution >= 0.6 is 0 Å². The molecule has 92 valence electrons. The maximum absolute atomic E-state index is 11.5. The number of hydrogen-bond donors (Lipinski definition) is 3. The largest absolute Gasteiger partial charge is 0.508 e. The minimum absolute atomic E-state index is 0.122. The number of amides is 1. The molecule has 1 amide bonds. The fourth-order valence-electron chi connectivity index (χ4n) is 1.65. The molecule has 0 bridgehead atoms. The first-order valence-corrected chi connectivity index (χ1v) is 5.25. The van der Waals surface area contributed by atoms with E-state index in [1.807, 2.05) is 0 Å². The lowest BCUT2D eigenvalue weighted by Crippen LogP contribution is -2.18. The number of hydrogen-bond acceptors (Lipinski definition) is 4. The molecule has 1 aromatic carbocycles. The van der Waals surface area contributed by atoms with Crippen molar-refractivity contribution in [3.05, 3.63) is 46.9 Å². The van der Waals surface area contributed by atoms with Gasteiger partial charge in [0.15, 0.2) is 11.5 Å². The molecule has 0 atom stereocenters. The molecule has 5 nitrogen and oxygen atoms in total. The van der Waals surface area contributed by atoms with Crippen LogP contribution in [0.25, 0.3) is 6.08 Å². The standard InChI is InChI=1S/C13H11NO4/c1-7(15)11-12(17)10(14-13(11)18)6-8-2-4-9(16)5-3-8/h2-6,16-17H,1H3,(H,14,18)/b10-6-. The summed E-state index contributed by atoms with van der Waals surface area (Å²) in [6, 6.07) is 6.20. The fourth-order valence-corrected chi connectivity index (χ4v) is 1.65. The highest BCUT2D eigenvalue weighted by Gasteiger charge is 2.29. The number of carbonyl (C=O) groups excluding carboxylic acids is 2. The monoisotopic (exact) mass is 245 g/mol. The Morgan fingerprint density at radius 2 is 1.83 bits per heavy atom. The second-order valence-corrected chi connectivity index (χ2v) is 3.88. The maximum Gasteiger partial charge on any atom is 0.263 e. The van der Waals surface area contributed by atoms with E-state index in [0.717, 1.165) is 0 Å². The molecule has 5 heteroatoms. The lowest BCUT2D eigenvalue weighted by molar-refractivity contribution is -0.120. The molecule has 0 spiro atoms. The third-order valence-corrected chi connectivity index (χ3v) is 2.52. The van der Waals surface area contributed by atoms with Crippen molar-refractivity contribution >= 4 is 17.8 Å². The van der Waals surface area contributed by atoms with Gasteiger partial charge in [-0.3, -0.25) is 9.59 Å². The Kier molecular flexibility index (Phi) is 2.89. The van der Waals surface area contributed by atoms with Crippen molar-refractivity contribution in [2.45, 2.75) is 6.92 Å². The third kappa shape index (κ3) is 2.10. The molecular weight excluding hydrogens is 234 g/mol. The summed E-state index contributed by atoms with van der Waals surface area (Å²) in [5, 5.41) is 21.3. The number of aliphatic hydroxyl groups excluding tert-OH is 1. The van der Waals surface area contributed by atoms with Crippen molar-refractivity contribution in [1.29, 1.82) is 0 Å². The van der Waals surface area contributed by atoms with E-state index in [2.05, 4.69) is 5.32 Å². The van der Waals surface area contributed by atoms with E-state index in [-0.39, 0.29) is 22.8 Å². The average Bonchev–Trinajstić information content (AvgIpc) is 2.57. The van der Waals surface area contributed by atoms with Crippen LogP contribution in [0.4, 0.5) is 0 Å². The van der Waals surface area contributed by atoms with Gasteiger partial charge in [-0.05, 0) is 30.7 Å². The molecule has 0 aliphatic carbocycles. The van der Waals surface area contributed by atoms with Gasteiger partial charge in [-0.2, -0.15) is 0 Å². The Bertz CT molecular complexity index is 582. The first-order valence-electron chi connectivity index (χ1n) is 5.25. The minimum Gasteiger partial charge on any atom is -0.508 e. The number of aliphatic hydroxyl groups is 1. The first kappa shape index (κ1) is 11.9. The zero-order chi connectivity index (χ0) is 13.3. The molecule has 18 heavy (non-hydrogen) atoms. The van der Waals surface area contributed by atoms with Crippen molar-refractivity contribution in [3.8, 4) is 5.75 Å². The topological polar surface area (TPSA) is 86.6 Å². The van der Waals surface area contributed by atoms with Crippen LogP contribution in [0.1, 0.15) is 12.5 Å². The minimum atomic E-state index is -0.606. The number of aromatic hydroxyl groups is 1. The number of nitrogens with one attached hydrogen (secondary N) is 1. The summed E-state index contributed by atoms with van der Waals surface area (Å²) in [6.45, 7) is 1.22. The first-order chi connectivity index (χ1) is 8.49. The highest BCUT2D eigenvalue weighted by molar-refractivity contribution is 6.22. The fraction of sp³-hybridized carbons (Fsp3) is 0.0769. The zero-order valence-electron chi connectivity index (χ0n) is 9.60. The summed E-state index contributed by atoms with van der Waals surface area (Å²) < 4.78 is 0. The van der Waals surface area contributed by atoms with Crippen LogP contribution in [0.3, 0.4) is 0 Å². The highest BCUT2D eigenvalue weighted by Crippen LogP contribution is 2.22. The second-order valence-electron chi connectivity index (χ2n) is 3.88. The summed E-state index contributed by atoms with van der Waals surface area (Å²) in [4.78, 5) is 22.6. The van der Waals surface area contributed by atoms with E-state index in [4.69, 9.17) is 5.11 Å². The Morgan fingerprint density at radius 1 is 1.22 bits per heavy atom. The average molecular weight is 245 g/mol. The van der Waals surface area contributed by atoms with Crippen molar-refractivity contribution in [2.24, 2.45) is 0 Å². The van der Waals surface area contributed by atoms with Gasteiger partial charge in [0.1, 0.15) is 11.3 Å². The number of phenolic OH excluding ortho intramolecular Hbond substituents is 1. The molecule has 3 N–H and O–H groups in total. The number of carbonyl (C=O) groups is 2. The van der Waals surface area contributed by atoms with E-state index in [0.29, 0.717) is 5.56 Å². The van der Waals surface area contributed by atoms with Gasteiger partial charge in [0.2, 0.25) is 0 Å². The van der Waals surface area contributed by atoms with Crippen LogP contribution in [0.15, 0.2) is 41.3 Å². The van der Waals surface area contributed by atoms with Gasteiger partial charge < -0.3 is 15.5 Å². The predicted octanol–water partition coefficient (Wildman–Crippen LogP) is 1.26. The Balaban J connectivity index is 2.39. The smallest absolute Gasteiger partial charge is 0.263 e. The molecule has 0 saturated heterocycles. The molecule has 0 saturated carbocycles. The highest BCUT2D eigenvalue weighted by atomic mass is 16.3. The van der Waals surface area contributed by atoms with Crippen LogP contribution in [0.5, 0.6) is 5.75 Å². The quantitative estimate of drug-likeness (QED) is 0.685. The summed E-state index contributed by atoms with van der Waals surface area (Å²) >= 11 is 0. The number of rotatable bonds is 2. The van der Waals surface area contributed by atoms with Gasteiger partial charge in [-0.25, -0.2) is 0 Å². The molecule has 0 unspecified atom stereocenters. The molecule has 1 aliphatic rings. The normalized spacial score (nSPS) is 17.2. The van der Waals surface area contributed by atoms with Crippen molar-refractivity contribution in [2.75, 3.05) is 0 Å². The maximum atomic E-state index is 11.5. The SMILES string of the molecule is CC(=O)C1=C(O)/C(=C/c2ccc(O)cc2)NC1=O. The van der Waals surface area contributed by atoms with E-state index in [1.165, 1.54) is 25.1 Å². The lowest BCUT2D eigenvalue weighted by Gasteiger charge is -1.99. The molecule has 0 aromatic heterocycles. The number of Topliss-reactive ketones (excluding diaryl/α,β-unsaturated/α-hetero) is 1. The molecule has 1 heterocycles. The number of ketones is 1. The summed E-state index contributed by atoms with van der Waals surface area (Å²) in [7, 11) is 0. The van der Waals surface area contributed by atoms with E-state index in [9.17, 15) is 14.7 Å². The van der Waals surface area contributed by atoms with E-state index < -0.39 is 11.7 Å². The van der Waals surface area contributed by atoms with Crippen molar-refractivity contribution < 1.29 is 19.8 Å². The van der Waals surface area contributed by atoms with Crippen LogP contribution in [-0.4, -0.2) is 21.9 Å². The van der Waals surface area contributed by atoms with Gasteiger partial charge in [-0.15, -0.1) is 0 Å². The molecule has 0 fully saturated rings. The summed E-state index contributed by atoms with van der Waals surface area (Å²) in [5.74, 6) is -1.32. The Morgan fingerprint density at radius 3 is 2.33 bits per heavy atom. The van der Waals surface area contributed by atoms with E-state index in [1.54, 1.807) is 12.1 Å². The van der Waals surface area contributed by atoms with Crippen molar-refractivity contribution in [1.82, 2.24) is 5.32 Å². The van der Waals surface area contributed by atoms with Gasteiger partial charge >= 0.3 is 0 Å². The number of benzene rings is 1. The van der Waals surface area contributed by atoms with Crippen LogP contribution in [0.2, 0.25) is 0 Å². The van der Waals surface area contributed by atoms with Crippen molar-refractivity contribution in [3.63, 3.8) is 0 Å². The van der Waals surface area contributed by atoms with Crippen LogP contribution in [-0.2, 0) is 9.59 Å². The van der Waals surface area contributed by atoms with Gasteiger partial charge in [0, 0.05) is 0 Å². The molecular formula is C13H11NO4. The third-order valence-electron chi connectivity index (χ3n) is 2.52. The van der Waals surface area contributed by atoms with Gasteiger partial charge in [0.05, 0.1) is 5.70 Å². The predicted molar refractivity (Wildman–Crippen MR) is 64.6 cm³/mol. The Labute approximate surface area is 103 Å². The molecule has 0 radical (unpaired) electrons. The summed E-state index contributed by atoms with van der Waals surface area (Å²) in [6.07, 6.45) is 1.52. The van der Waals surface area contributed by atoms with E-state index >= 15 is 0 Å². The number of phenols is 1. The van der Waals surface area contributed by atoms with Gasteiger partial charge in [-0.1, -0.05) is 12.1 Å². The van der Waals surface area contributed by atoms with Crippen LogP contribution < -0.4 is 5.32 Å². The molecule has 2 rings (SSSR count). The second kappa shape index (κ2) is 4.37. The van der Waals surface area contributed by atoms with Crippen LogP contribution in [0, 0.1) is 0 Å². The molecule has 1 aliphatic heterocycles. The summed E-state index contributed by atoms with van der Waals surface area (Å²) in [5.41, 5.74) is 0.621. The Hall–Kier alpha value is -2.56. The lowest BCUT2D eigenvalue weighted by atomic mass is 10.1. The van der Waals surface area contributed by atoms with Gasteiger partial charge in [0.25, 0.3) is 5.91 Å². The molecule has 1 aromatic rings.